The molecule has 2 heterocycles. The number of unbranched alkanes of at least 4 members (excludes halogenated alkanes) is 1. The van der Waals surface area contributed by atoms with Crippen molar-refractivity contribution in [2.45, 2.75) is 37.6 Å². The predicted octanol–water partition coefficient (Wildman–Crippen LogP) is 1.26. The number of ether oxygens (including phenoxy) is 1. The number of rotatable bonds is 7. The first kappa shape index (κ1) is 17.5. The van der Waals surface area contributed by atoms with Crippen molar-refractivity contribution in [2.75, 3.05) is 12.4 Å². The Morgan fingerprint density at radius 3 is 2.83 bits per heavy atom. The Kier molecular flexibility index (Phi) is 5.79. The standard InChI is InChI=1S/C16H23N3O3S/c1-3-4-7-22-16(21)11(17)9-23-13(15(18)20)8-12-14(23)10(2)5-6-19-12/h5-6,8,11,23H,3-4,7,9,17H2,1-2H3,(H2,18,20)/t11-/m0/s1. The lowest BCUT2D eigenvalue weighted by molar-refractivity contribution is -0.144. The van der Waals surface area contributed by atoms with Gasteiger partial charge in [-0.2, -0.15) is 10.9 Å². The molecule has 1 unspecified atom stereocenters. The van der Waals surface area contributed by atoms with E-state index >= 15 is 0 Å². The number of carbonyl (C=O) groups is 2. The molecular weight excluding hydrogens is 314 g/mol. The van der Waals surface area contributed by atoms with Gasteiger partial charge in [0.15, 0.2) is 0 Å². The van der Waals surface area contributed by atoms with E-state index < -0.39 is 28.8 Å². The molecule has 0 radical (unpaired) electrons. The van der Waals surface area contributed by atoms with Crippen LogP contribution in [0.5, 0.6) is 0 Å². The summed E-state index contributed by atoms with van der Waals surface area (Å²) in [6.45, 7) is 4.35. The van der Waals surface area contributed by atoms with Crippen LogP contribution >= 0.6 is 10.9 Å². The van der Waals surface area contributed by atoms with Crippen LogP contribution in [-0.2, 0) is 14.3 Å². The normalized spacial score (nSPS) is 18.9. The Bertz CT molecular complexity index is 645. The Labute approximate surface area is 138 Å². The number of amides is 1. The highest BCUT2D eigenvalue weighted by molar-refractivity contribution is 8.21. The third-order valence-electron chi connectivity index (χ3n) is 3.67. The van der Waals surface area contributed by atoms with Crippen molar-refractivity contribution in [3.8, 4) is 0 Å². The van der Waals surface area contributed by atoms with Gasteiger partial charge in [-0.25, -0.2) is 0 Å². The third kappa shape index (κ3) is 3.92. The van der Waals surface area contributed by atoms with Gasteiger partial charge in [0.1, 0.15) is 6.04 Å². The average molecular weight is 337 g/mol. The number of fused-ring (bicyclic) bond motifs is 1. The van der Waals surface area contributed by atoms with Crippen molar-refractivity contribution in [3.63, 3.8) is 0 Å². The lowest BCUT2D eigenvalue weighted by atomic mass is 10.2. The molecule has 1 aromatic heterocycles. The van der Waals surface area contributed by atoms with Crippen LogP contribution < -0.4 is 11.5 Å². The summed E-state index contributed by atoms with van der Waals surface area (Å²) >= 11 is 0. The second kappa shape index (κ2) is 7.61. The molecule has 1 aliphatic heterocycles. The highest BCUT2D eigenvalue weighted by Crippen LogP contribution is 2.52. The van der Waals surface area contributed by atoms with Crippen LogP contribution in [0, 0.1) is 6.92 Å². The van der Waals surface area contributed by atoms with E-state index in [-0.39, 0.29) is 0 Å². The van der Waals surface area contributed by atoms with Crippen LogP contribution in [0.2, 0.25) is 0 Å². The van der Waals surface area contributed by atoms with Crippen LogP contribution in [-0.4, -0.2) is 35.3 Å². The molecule has 0 aromatic carbocycles. The maximum atomic E-state index is 12.0. The first-order valence-electron chi connectivity index (χ1n) is 7.62. The largest absolute Gasteiger partial charge is 0.465 e. The predicted molar refractivity (Wildman–Crippen MR) is 92.1 cm³/mol. The molecule has 23 heavy (non-hydrogen) atoms. The number of nitrogens with zero attached hydrogens (tertiary/aromatic N) is 1. The van der Waals surface area contributed by atoms with Crippen molar-refractivity contribution in [2.24, 2.45) is 11.5 Å². The Morgan fingerprint density at radius 2 is 2.17 bits per heavy atom. The average Bonchev–Trinajstić information content (AvgIpc) is 2.87. The van der Waals surface area contributed by atoms with Gasteiger partial charge in [-0.3, -0.25) is 14.6 Å². The topological polar surface area (TPSA) is 108 Å². The molecule has 1 aromatic rings. The summed E-state index contributed by atoms with van der Waals surface area (Å²) in [6, 6.07) is 1.11. The Balaban J connectivity index is 2.16. The van der Waals surface area contributed by atoms with Gasteiger partial charge in [0.05, 0.1) is 17.2 Å². The smallest absolute Gasteiger partial charge is 0.323 e. The van der Waals surface area contributed by atoms with Crippen molar-refractivity contribution >= 4 is 28.8 Å². The van der Waals surface area contributed by atoms with Gasteiger partial charge < -0.3 is 16.2 Å². The quantitative estimate of drug-likeness (QED) is 0.394. The summed E-state index contributed by atoms with van der Waals surface area (Å²) in [5, 5.41) is 0. The van der Waals surface area contributed by atoms with Gasteiger partial charge >= 0.3 is 5.97 Å². The summed E-state index contributed by atoms with van der Waals surface area (Å²) in [6.07, 6.45) is 5.17. The molecule has 0 fully saturated rings. The second-order valence-electron chi connectivity index (χ2n) is 5.49. The van der Waals surface area contributed by atoms with Crippen molar-refractivity contribution in [1.82, 2.24) is 4.98 Å². The van der Waals surface area contributed by atoms with E-state index in [0.717, 1.165) is 29.0 Å². The lowest BCUT2D eigenvalue weighted by Gasteiger charge is -2.23. The molecule has 1 amide bonds. The number of hydrogen-bond donors (Lipinski definition) is 3. The minimum atomic E-state index is -1.08. The molecule has 4 N–H and O–H groups in total. The summed E-state index contributed by atoms with van der Waals surface area (Å²) in [4.78, 5) is 29.5. The van der Waals surface area contributed by atoms with E-state index in [1.54, 1.807) is 12.3 Å². The zero-order chi connectivity index (χ0) is 17.0. The Morgan fingerprint density at radius 1 is 1.43 bits per heavy atom. The Hall–Kier alpha value is -1.86. The fourth-order valence-corrected chi connectivity index (χ4v) is 5.05. The second-order valence-corrected chi connectivity index (χ2v) is 7.64. The van der Waals surface area contributed by atoms with E-state index in [1.807, 2.05) is 19.9 Å². The van der Waals surface area contributed by atoms with Gasteiger partial charge in [0, 0.05) is 16.8 Å². The summed E-state index contributed by atoms with van der Waals surface area (Å²) in [7, 11) is -1.08. The van der Waals surface area contributed by atoms with Crippen molar-refractivity contribution < 1.29 is 14.3 Å². The zero-order valence-electron chi connectivity index (χ0n) is 13.4. The lowest BCUT2D eigenvalue weighted by Crippen LogP contribution is -2.36. The molecule has 0 spiro atoms. The fourth-order valence-electron chi connectivity index (χ4n) is 2.45. The van der Waals surface area contributed by atoms with Crippen LogP contribution in [0.1, 0.15) is 31.0 Å². The first-order chi connectivity index (χ1) is 11.0. The SMILES string of the molecule is CCCCOC(=O)[C@@H](N)C[SH]1C(C(N)=O)=Cc2nccc(C)c21. The first-order valence-corrected chi connectivity index (χ1v) is 9.15. The number of carbonyl (C=O) groups excluding carboxylic acids is 2. The van der Waals surface area contributed by atoms with Gasteiger partial charge in [0.2, 0.25) is 0 Å². The van der Waals surface area contributed by atoms with Crippen LogP contribution in [0.25, 0.3) is 6.08 Å². The molecule has 0 saturated heterocycles. The van der Waals surface area contributed by atoms with E-state index in [9.17, 15) is 9.59 Å². The number of thiol groups is 1. The molecule has 1 aliphatic rings. The van der Waals surface area contributed by atoms with Crippen LogP contribution in [0.3, 0.4) is 0 Å². The maximum absolute atomic E-state index is 12.0. The summed E-state index contributed by atoms with van der Waals surface area (Å²) in [5.74, 6) is -0.575. The molecule has 2 rings (SSSR count). The molecule has 0 aliphatic carbocycles. The molecule has 7 heteroatoms. The number of esters is 1. The number of hydrogen-bond acceptors (Lipinski definition) is 5. The fraction of sp³-hybridized carbons (Fsp3) is 0.438. The van der Waals surface area contributed by atoms with E-state index in [1.165, 1.54) is 0 Å². The van der Waals surface area contributed by atoms with Crippen molar-refractivity contribution in [3.05, 3.63) is 28.4 Å². The number of nitrogens with two attached hydrogens (primary N) is 2. The zero-order valence-corrected chi connectivity index (χ0v) is 14.3. The highest BCUT2D eigenvalue weighted by atomic mass is 32.2. The van der Waals surface area contributed by atoms with Crippen molar-refractivity contribution in [1.29, 1.82) is 0 Å². The molecule has 0 saturated carbocycles. The minimum absolute atomic E-state index is 0.342. The van der Waals surface area contributed by atoms with Gasteiger partial charge in [-0.05, 0) is 31.1 Å². The number of aryl methyl sites for hydroxylation is 1. The highest BCUT2D eigenvalue weighted by Gasteiger charge is 2.31. The minimum Gasteiger partial charge on any atom is -0.465 e. The molecule has 2 atom stereocenters. The van der Waals surface area contributed by atoms with E-state index in [0.29, 0.717) is 17.3 Å². The third-order valence-corrected chi connectivity index (χ3v) is 6.48. The summed E-state index contributed by atoms with van der Waals surface area (Å²) in [5.41, 5.74) is 13.3. The van der Waals surface area contributed by atoms with E-state index in [4.69, 9.17) is 16.2 Å². The number of aromatic nitrogens is 1. The van der Waals surface area contributed by atoms with Crippen LogP contribution in [0.4, 0.5) is 0 Å². The van der Waals surface area contributed by atoms with Gasteiger partial charge in [-0.15, -0.1) is 0 Å². The molecule has 0 bridgehead atoms. The van der Waals surface area contributed by atoms with Gasteiger partial charge in [-0.1, -0.05) is 13.3 Å². The number of primary amides is 1. The molecular formula is C16H23N3O3S. The van der Waals surface area contributed by atoms with E-state index in [2.05, 4.69) is 4.98 Å². The molecule has 126 valence electrons. The summed E-state index contributed by atoms with van der Waals surface area (Å²) < 4.78 is 5.16. The van der Waals surface area contributed by atoms with Crippen LogP contribution in [0.15, 0.2) is 22.1 Å². The number of pyridine rings is 1. The van der Waals surface area contributed by atoms with Gasteiger partial charge in [0.25, 0.3) is 5.91 Å². The monoisotopic (exact) mass is 337 g/mol. The maximum Gasteiger partial charge on any atom is 0.323 e. The molecule has 6 nitrogen and oxygen atoms in total.